The van der Waals surface area contributed by atoms with Crippen molar-refractivity contribution in [3.05, 3.63) is 42.2 Å². The van der Waals surface area contributed by atoms with Crippen LogP contribution >= 0.6 is 0 Å². The fraction of sp³-hybridized carbons (Fsp3) is 0.200. The number of nitrogens with one attached hydrogen (secondary N) is 1. The zero-order valence-electron chi connectivity index (χ0n) is 11.1. The summed E-state index contributed by atoms with van der Waals surface area (Å²) in [5.41, 5.74) is 4.04. The summed E-state index contributed by atoms with van der Waals surface area (Å²) in [6.07, 6.45) is 4.34. The molecule has 0 atom stereocenters. The maximum atomic E-state index is 10.7. The van der Waals surface area contributed by atoms with E-state index in [0.29, 0.717) is 6.42 Å². The first-order chi connectivity index (χ1) is 9.66. The van der Waals surface area contributed by atoms with Gasteiger partial charge in [0.2, 0.25) is 0 Å². The van der Waals surface area contributed by atoms with Crippen molar-refractivity contribution in [1.82, 2.24) is 14.8 Å². The van der Waals surface area contributed by atoms with E-state index in [-0.39, 0.29) is 6.42 Å². The van der Waals surface area contributed by atoms with Crippen LogP contribution in [0.15, 0.2) is 36.7 Å². The Morgan fingerprint density at radius 3 is 3.00 bits per heavy atom. The topological polar surface area (TPSA) is 70.9 Å². The highest BCUT2D eigenvalue weighted by Gasteiger charge is 2.14. The van der Waals surface area contributed by atoms with Crippen molar-refractivity contribution in [1.29, 1.82) is 0 Å². The second-order valence-electron chi connectivity index (χ2n) is 4.83. The van der Waals surface area contributed by atoms with Crippen LogP contribution in [0.5, 0.6) is 0 Å². The van der Waals surface area contributed by atoms with Crippen molar-refractivity contribution in [3.8, 4) is 11.3 Å². The highest BCUT2D eigenvalue weighted by molar-refractivity contribution is 5.95. The molecule has 0 spiro atoms. The second-order valence-corrected chi connectivity index (χ2v) is 4.83. The fourth-order valence-electron chi connectivity index (χ4n) is 2.52. The van der Waals surface area contributed by atoms with E-state index in [1.807, 2.05) is 25.4 Å². The molecule has 0 aliphatic rings. The lowest BCUT2D eigenvalue weighted by Gasteiger charge is -2.00. The van der Waals surface area contributed by atoms with Crippen LogP contribution in [0.3, 0.4) is 0 Å². The first kappa shape index (κ1) is 12.5. The molecule has 2 aromatic heterocycles. The summed E-state index contributed by atoms with van der Waals surface area (Å²) in [5.74, 6) is -0.796. The molecule has 5 nitrogen and oxygen atoms in total. The van der Waals surface area contributed by atoms with E-state index in [2.05, 4.69) is 26.9 Å². The standard InChI is InChI=1S/C15H15N3O2/c1-18-9-12(11-4-2-3-5-13(11)18)15-10(8-16-17-15)6-7-14(19)20/h2-5,8-9H,6-7H2,1H3,(H,16,17)(H,19,20). The van der Waals surface area contributed by atoms with Gasteiger partial charge in [-0.1, -0.05) is 18.2 Å². The monoisotopic (exact) mass is 269 g/mol. The van der Waals surface area contributed by atoms with Crippen LogP contribution in [0.4, 0.5) is 0 Å². The second kappa shape index (κ2) is 4.85. The molecule has 0 amide bonds. The molecule has 0 saturated heterocycles. The molecule has 102 valence electrons. The third-order valence-corrected chi connectivity index (χ3v) is 3.49. The van der Waals surface area contributed by atoms with E-state index in [1.54, 1.807) is 6.20 Å². The van der Waals surface area contributed by atoms with Crippen molar-refractivity contribution in [2.24, 2.45) is 7.05 Å². The largest absolute Gasteiger partial charge is 0.481 e. The van der Waals surface area contributed by atoms with E-state index in [1.165, 1.54) is 0 Å². The Kier molecular flexibility index (Phi) is 3.02. The highest BCUT2D eigenvalue weighted by atomic mass is 16.4. The lowest BCUT2D eigenvalue weighted by molar-refractivity contribution is -0.136. The van der Waals surface area contributed by atoms with Crippen molar-refractivity contribution in [3.63, 3.8) is 0 Å². The summed E-state index contributed by atoms with van der Waals surface area (Å²) in [6.45, 7) is 0. The van der Waals surface area contributed by atoms with Crippen molar-refractivity contribution in [2.75, 3.05) is 0 Å². The van der Waals surface area contributed by atoms with Crippen LogP contribution in [0.2, 0.25) is 0 Å². The Hall–Kier alpha value is -2.56. The minimum Gasteiger partial charge on any atom is -0.481 e. The lowest BCUT2D eigenvalue weighted by atomic mass is 10.0. The van der Waals surface area contributed by atoms with Gasteiger partial charge in [-0.2, -0.15) is 5.10 Å². The molecule has 0 bridgehead atoms. The Bertz CT molecular complexity index is 770. The maximum absolute atomic E-state index is 10.7. The van der Waals surface area contributed by atoms with Gasteiger partial charge in [0.05, 0.1) is 11.9 Å². The number of para-hydroxylation sites is 1. The Labute approximate surface area is 115 Å². The van der Waals surface area contributed by atoms with Crippen molar-refractivity contribution < 1.29 is 9.90 Å². The summed E-state index contributed by atoms with van der Waals surface area (Å²) in [5, 5.41) is 17.0. The Morgan fingerprint density at radius 2 is 2.20 bits per heavy atom. The number of aryl methyl sites for hydroxylation is 2. The van der Waals surface area contributed by atoms with Gasteiger partial charge in [-0.05, 0) is 18.1 Å². The van der Waals surface area contributed by atoms with E-state index >= 15 is 0 Å². The molecule has 5 heteroatoms. The van der Waals surface area contributed by atoms with Crippen LogP contribution < -0.4 is 0 Å². The predicted octanol–water partition coefficient (Wildman–Crippen LogP) is 2.59. The molecular formula is C15H15N3O2. The van der Waals surface area contributed by atoms with Crippen molar-refractivity contribution >= 4 is 16.9 Å². The number of aliphatic carboxylic acids is 1. The Morgan fingerprint density at radius 1 is 1.40 bits per heavy atom. The fourth-order valence-corrected chi connectivity index (χ4v) is 2.52. The number of carbonyl (C=O) groups is 1. The predicted molar refractivity (Wildman–Crippen MR) is 76.5 cm³/mol. The number of rotatable bonds is 4. The minimum absolute atomic E-state index is 0.108. The van der Waals surface area contributed by atoms with Gasteiger partial charge in [0.1, 0.15) is 0 Å². The van der Waals surface area contributed by atoms with E-state index in [4.69, 9.17) is 5.11 Å². The molecule has 3 aromatic rings. The molecule has 0 fully saturated rings. The third-order valence-electron chi connectivity index (χ3n) is 3.49. The quantitative estimate of drug-likeness (QED) is 0.764. The van der Waals surface area contributed by atoms with Gasteiger partial charge in [0.15, 0.2) is 0 Å². The number of aromatic nitrogens is 3. The molecular weight excluding hydrogens is 254 g/mol. The van der Waals surface area contributed by atoms with Gasteiger partial charge in [-0.25, -0.2) is 0 Å². The lowest BCUT2D eigenvalue weighted by Crippen LogP contribution is -1.97. The smallest absolute Gasteiger partial charge is 0.303 e. The van der Waals surface area contributed by atoms with Gasteiger partial charge in [0.25, 0.3) is 0 Å². The zero-order valence-corrected chi connectivity index (χ0v) is 11.1. The number of fused-ring (bicyclic) bond motifs is 1. The maximum Gasteiger partial charge on any atom is 0.303 e. The number of hydrogen-bond acceptors (Lipinski definition) is 2. The molecule has 2 N–H and O–H groups in total. The average Bonchev–Trinajstić information content (AvgIpc) is 3.01. The van der Waals surface area contributed by atoms with Crippen LogP contribution in [-0.4, -0.2) is 25.8 Å². The summed E-state index contributed by atoms with van der Waals surface area (Å²) in [7, 11) is 2.00. The molecule has 0 unspecified atom stereocenters. The molecule has 0 radical (unpaired) electrons. The van der Waals surface area contributed by atoms with Crippen LogP contribution in [0.1, 0.15) is 12.0 Å². The summed E-state index contributed by atoms with van der Waals surface area (Å²) in [6, 6.07) is 8.13. The third kappa shape index (κ3) is 2.07. The van der Waals surface area contributed by atoms with Gasteiger partial charge >= 0.3 is 5.97 Å². The summed E-state index contributed by atoms with van der Waals surface area (Å²) >= 11 is 0. The molecule has 0 saturated carbocycles. The summed E-state index contributed by atoms with van der Waals surface area (Å²) in [4.78, 5) is 10.7. The molecule has 20 heavy (non-hydrogen) atoms. The number of nitrogens with zero attached hydrogens (tertiary/aromatic N) is 2. The number of hydrogen-bond donors (Lipinski definition) is 2. The average molecular weight is 269 g/mol. The van der Waals surface area contributed by atoms with Crippen LogP contribution in [0, 0.1) is 0 Å². The molecule has 0 aliphatic carbocycles. The van der Waals surface area contributed by atoms with Crippen LogP contribution in [0.25, 0.3) is 22.2 Å². The van der Waals surface area contributed by atoms with Crippen molar-refractivity contribution in [2.45, 2.75) is 12.8 Å². The van der Waals surface area contributed by atoms with E-state index in [0.717, 1.165) is 27.7 Å². The molecule has 3 rings (SSSR count). The van der Waals surface area contributed by atoms with E-state index < -0.39 is 5.97 Å². The first-order valence-corrected chi connectivity index (χ1v) is 6.45. The number of aromatic amines is 1. The minimum atomic E-state index is -0.796. The number of benzene rings is 1. The molecule has 2 heterocycles. The zero-order chi connectivity index (χ0) is 14.1. The Balaban J connectivity index is 2.08. The van der Waals surface area contributed by atoms with Gasteiger partial charge in [-0.3, -0.25) is 9.89 Å². The number of carboxylic acids is 1. The molecule has 0 aliphatic heterocycles. The van der Waals surface area contributed by atoms with Gasteiger partial charge < -0.3 is 9.67 Å². The van der Waals surface area contributed by atoms with Gasteiger partial charge in [0, 0.05) is 36.1 Å². The number of H-pyrrole nitrogens is 1. The van der Waals surface area contributed by atoms with Gasteiger partial charge in [-0.15, -0.1) is 0 Å². The molecule has 1 aromatic carbocycles. The highest BCUT2D eigenvalue weighted by Crippen LogP contribution is 2.31. The van der Waals surface area contributed by atoms with E-state index in [9.17, 15) is 4.79 Å². The first-order valence-electron chi connectivity index (χ1n) is 6.45. The summed E-state index contributed by atoms with van der Waals surface area (Å²) < 4.78 is 2.06. The normalized spacial score (nSPS) is 11.1. The number of carboxylic acid groups (broad SMARTS) is 1. The SMILES string of the molecule is Cn1cc(-c2[nH]ncc2CCC(=O)O)c2ccccc21. The van der Waals surface area contributed by atoms with Crippen LogP contribution in [-0.2, 0) is 18.3 Å².